The van der Waals surface area contributed by atoms with E-state index >= 15 is 0 Å². The molecule has 0 radical (unpaired) electrons. The number of carbonyl (C=O) groups is 2. The normalized spacial score (nSPS) is 13.5. The summed E-state index contributed by atoms with van der Waals surface area (Å²) in [4.78, 5) is 23.2. The summed E-state index contributed by atoms with van der Waals surface area (Å²) in [7, 11) is 0. The van der Waals surface area contributed by atoms with E-state index in [1.165, 1.54) is 0 Å². The summed E-state index contributed by atoms with van der Waals surface area (Å²) in [6, 6.07) is 6.94. The van der Waals surface area contributed by atoms with Crippen molar-refractivity contribution in [3.8, 4) is 0 Å². The second-order valence-corrected chi connectivity index (χ2v) is 5.68. The third-order valence-electron chi connectivity index (χ3n) is 3.51. The Morgan fingerprint density at radius 1 is 1.33 bits per heavy atom. The van der Waals surface area contributed by atoms with Crippen molar-refractivity contribution in [3.05, 3.63) is 29.3 Å². The Morgan fingerprint density at radius 3 is 2.57 bits per heavy atom. The van der Waals surface area contributed by atoms with Gasteiger partial charge < -0.3 is 15.2 Å². The molecule has 0 aromatic heterocycles. The van der Waals surface area contributed by atoms with Crippen LogP contribution in [0, 0.1) is 11.8 Å². The number of carboxylic acid groups (broad SMARTS) is 1. The molecule has 0 saturated heterocycles. The molecule has 5 heteroatoms. The zero-order chi connectivity index (χ0) is 15.8. The highest BCUT2D eigenvalue weighted by Gasteiger charge is 2.21. The van der Waals surface area contributed by atoms with Crippen LogP contribution in [0.1, 0.15) is 39.5 Å². The summed E-state index contributed by atoms with van der Waals surface area (Å²) in [5, 5.41) is 14.3. The van der Waals surface area contributed by atoms with Gasteiger partial charge >= 0.3 is 0 Å². The number of aliphatic carboxylic acids is 1. The number of rotatable bonds is 8. The van der Waals surface area contributed by atoms with Gasteiger partial charge in [-0.15, -0.1) is 0 Å². The van der Waals surface area contributed by atoms with Crippen molar-refractivity contribution in [2.24, 2.45) is 11.8 Å². The maximum atomic E-state index is 12.0. The smallest absolute Gasteiger partial charge is 0.224 e. The van der Waals surface area contributed by atoms with Crippen LogP contribution in [0.2, 0.25) is 5.02 Å². The van der Waals surface area contributed by atoms with Crippen LogP contribution in [-0.2, 0) is 9.59 Å². The third kappa shape index (κ3) is 5.76. The Kier molecular flexibility index (Phi) is 7.23. The summed E-state index contributed by atoms with van der Waals surface area (Å²) in [5.41, 5.74) is 0.537. The number of unbranched alkanes of at least 4 members (excludes halogenated alkanes) is 1. The summed E-state index contributed by atoms with van der Waals surface area (Å²) in [6.07, 6.45) is 2.41. The minimum atomic E-state index is -1.08. The van der Waals surface area contributed by atoms with Crippen LogP contribution in [0.5, 0.6) is 0 Å². The molecule has 0 bridgehead atoms. The number of hydrogen-bond donors (Lipinski definition) is 1. The molecule has 116 valence electrons. The van der Waals surface area contributed by atoms with Crippen LogP contribution in [0.3, 0.4) is 0 Å². The van der Waals surface area contributed by atoms with E-state index in [1.807, 2.05) is 6.92 Å². The monoisotopic (exact) mass is 310 g/mol. The van der Waals surface area contributed by atoms with Gasteiger partial charge in [0, 0.05) is 18.3 Å². The maximum absolute atomic E-state index is 12.0. The Labute approximate surface area is 130 Å². The molecule has 1 amide bonds. The topological polar surface area (TPSA) is 69.2 Å². The lowest BCUT2D eigenvalue weighted by Crippen LogP contribution is -2.36. The van der Waals surface area contributed by atoms with E-state index in [9.17, 15) is 14.7 Å². The molecule has 4 nitrogen and oxygen atoms in total. The van der Waals surface area contributed by atoms with Gasteiger partial charge in [0.1, 0.15) is 0 Å². The largest absolute Gasteiger partial charge is 0.550 e. The molecule has 2 atom stereocenters. The number of hydrogen-bond acceptors (Lipinski definition) is 3. The molecule has 1 rings (SSSR count). The zero-order valence-electron chi connectivity index (χ0n) is 12.4. The molecule has 1 aromatic carbocycles. The van der Waals surface area contributed by atoms with Gasteiger partial charge in [0.05, 0.1) is 10.7 Å². The Morgan fingerprint density at radius 2 is 2.00 bits per heavy atom. The molecule has 0 heterocycles. The number of nitrogens with one attached hydrogen (secondary N) is 1. The summed E-state index contributed by atoms with van der Waals surface area (Å²) < 4.78 is 0. The van der Waals surface area contributed by atoms with E-state index in [0.29, 0.717) is 17.1 Å². The molecular weight excluding hydrogens is 290 g/mol. The summed E-state index contributed by atoms with van der Waals surface area (Å²) >= 11 is 5.97. The van der Waals surface area contributed by atoms with Gasteiger partial charge in [-0.1, -0.05) is 50.4 Å². The average Bonchev–Trinajstić information content (AvgIpc) is 2.41. The first kappa shape index (κ1) is 17.5. The Hall–Kier alpha value is -1.55. The standard InChI is InChI=1S/C16H22ClNO3/c1-3-4-7-12(16(20)21)11(2)10-15(19)18-14-9-6-5-8-13(14)17/h5-6,8-9,11-12H,3-4,7,10H2,1-2H3,(H,18,19)(H,20,21)/p-1. The molecule has 0 saturated carbocycles. The number of amides is 1. The highest BCUT2D eigenvalue weighted by molar-refractivity contribution is 6.33. The van der Waals surface area contributed by atoms with Gasteiger partial charge in [-0.2, -0.15) is 0 Å². The predicted octanol–water partition coefficient (Wildman–Crippen LogP) is 2.86. The second kappa shape index (κ2) is 8.67. The van der Waals surface area contributed by atoms with Crippen LogP contribution < -0.4 is 10.4 Å². The van der Waals surface area contributed by atoms with Crippen molar-refractivity contribution in [2.75, 3.05) is 5.32 Å². The van der Waals surface area contributed by atoms with Crippen molar-refractivity contribution in [2.45, 2.75) is 39.5 Å². The highest BCUT2D eigenvalue weighted by atomic mass is 35.5. The number of carboxylic acids is 1. The average molecular weight is 311 g/mol. The van der Waals surface area contributed by atoms with E-state index in [-0.39, 0.29) is 18.2 Å². The van der Waals surface area contributed by atoms with Gasteiger partial charge in [-0.25, -0.2) is 0 Å². The van der Waals surface area contributed by atoms with Gasteiger partial charge in [-0.05, 0) is 24.5 Å². The van der Waals surface area contributed by atoms with E-state index < -0.39 is 11.9 Å². The lowest BCUT2D eigenvalue weighted by atomic mass is 9.87. The van der Waals surface area contributed by atoms with Gasteiger partial charge in [0.25, 0.3) is 0 Å². The lowest BCUT2D eigenvalue weighted by molar-refractivity contribution is -0.313. The maximum Gasteiger partial charge on any atom is 0.224 e. The molecule has 1 aromatic rings. The molecule has 0 aliphatic rings. The Balaban J connectivity index is 2.60. The number of benzene rings is 1. The summed E-state index contributed by atoms with van der Waals surface area (Å²) in [5.74, 6) is -2.19. The van der Waals surface area contributed by atoms with Crippen molar-refractivity contribution in [3.63, 3.8) is 0 Å². The fraction of sp³-hybridized carbons (Fsp3) is 0.500. The molecule has 2 unspecified atom stereocenters. The van der Waals surface area contributed by atoms with Gasteiger partial charge in [-0.3, -0.25) is 4.79 Å². The van der Waals surface area contributed by atoms with E-state index in [2.05, 4.69) is 5.32 Å². The van der Waals surface area contributed by atoms with E-state index in [4.69, 9.17) is 11.6 Å². The highest BCUT2D eigenvalue weighted by Crippen LogP contribution is 2.24. The molecule has 21 heavy (non-hydrogen) atoms. The second-order valence-electron chi connectivity index (χ2n) is 5.28. The van der Waals surface area contributed by atoms with Crippen LogP contribution in [-0.4, -0.2) is 11.9 Å². The van der Waals surface area contributed by atoms with Crippen molar-refractivity contribution < 1.29 is 14.7 Å². The molecule has 0 fully saturated rings. The predicted molar refractivity (Wildman–Crippen MR) is 81.9 cm³/mol. The number of carbonyl (C=O) groups excluding carboxylic acids is 2. The van der Waals surface area contributed by atoms with Gasteiger partial charge in [0.15, 0.2) is 0 Å². The summed E-state index contributed by atoms with van der Waals surface area (Å²) in [6.45, 7) is 3.77. The van der Waals surface area contributed by atoms with Crippen LogP contribution in [0.15, 0.2) is 24.3 Å². The van der Waals surface area contributed by atoms with Crippen LogP contribution in [0.4, 0.5) is 5.69 Å². The van der Waals surface area contributed by atoms with Crippen LogP contribution >= 0.6 is 11.6 Å². The van der Waals surface area contributed by atoms with Gasteiger partial charge in [0.2, 0.25) is 5.91 Å². The number of halogens is 1. The Bertz CT molecular complexity index is 490. The molecule has 0 aliphatic carbocycles. The first-order chi connectivity index (χ1) is 9.95. The quantitative estimate of drug-likeness (QED) is 0.802. The van der Waals surface area contributed by atoms with Crippen LogP contribution in [0.25, 0.3) is 0 Å². The van der Waals surface area contributed by atoms with Crippen molar-refractivity contribution in [1.29, 1.82) is 0 Å². The minimum absolute atomic E-state index is 0.133. The lowest BCUT2D eigenvalue weighted by Gasteiger charge is -2.24. The molecule has 0 spiro atoms. The molecule has 0 aliphatic heterocycles. The zero-order valence-corrected chi connectivity index (χ0v) is 13.2. The van der Waals surface area contributed by atoms with Crippen molar-refractivity contribution >= 4 is 29.2 Å². The first-order valence-electron chi connectivity index (χ1n) is 7.21. The SMILES string of the molecule is CCCCC(C(=O)[O-])C(C)CC(=O)Nc1ccccc1Cl. The molecule has 1 N–H and O–H groups in total. The molecular formula is C16H21ClNO3-. The third-order valence-corrected chi connectivity index (χ3v) is 3.84. The van der Waals surface area contributed by atoms with Crippen molar-refractivity contribution in [1.82, 2.24) is 0 Å². The van der Waals surface area contributed by atoms with E-state index in [0.717, 1.165) is 12.8 Å². The first-order valence-corrected chi connectivity index (χ1v) is 7.58. The fourth-order valence-corrected chi connectivity index (χ4v) is 2.44. The minimum Gasteiger partial charge on any atom is -0.550 e. The van der Waals surface area contributed by atoms with E-state index in [1.54, 1.807) is 31.2 Å². The fourth-order valence-electron chi connectivity index (χ4n) is 2.26. The number of para-hydroxylation sites is 1. The number of anilines is 1.